The summed E-state index contributed by atoms with van der Waals surface area (Å²) in [7, 11) is 1.78. The van der Waals surface area contributed by atoms with E-state index in [1.54, 1.807) is 24.1 Å². The highest BCUT2D eigenvalue weighted by atomic mass is 19.1. The van der Waals surface area contributed by atoms with E-state index in [1.807, 2.05) is 6.92 Å². The van der Waals surface area contributed by atoms with E-state index in [4.69, 9.17) is 10.5 Å². The minimum absolute atomic E-state index is 0.0455. The Labute approximate surface area is 113 Å². The molecule has 4 nitrogen and oxygen atoms in total. The second kappa shape index (κ2) is 7.74. The van der Waals surface area contributed by atoms with Crippen molar-refractivity contribution < 1.29 is 13.9 Å². The minimum Gasteiger partial charge on any atom is -0.493 e. The lowest BCUT2D eigenvalue weighted by Gasteiger charge is -2.20. The largest absolute Gasteiger partial charge is 0.493 e. The van der Waals surface area contributed by atoms with Gasteiger partial charge in [0.2, 0.25) is 5.91 Å². The molecule has 0 saturated heterocycles. The van der Waals surface area contributed by atoms with Crippen LogP contribution in [-0.2, 0) is 9.53 Å². The lowest BCUT2D eigenvalue weighted by molar-refractivity contribution is -0.125. The van der Waals surface area contributed by atoms with Gasteiger partial charge in [0.05, 0.1) is 12.1 Å². The van der Waals surface area contributed by atoms with Crippen LogP contribution >= 0.6 is 0 Å². The number of nitrogens with zero attached hydrogens (tertiary/aromatic N) is 1. The molecule has 0 aromatic carbocycles. The highest BCUT2D eigenvalue weighted by Gasteiger charge is 2.16. The van der Waals surface area contributed by atoms with Crippen LogP contribution in [0.4, 0.5) is 4.39 Å². The smallest absolute Gasteiger partial charge is 0.249 e. The van der Waals surface area contributed by atoms with E-state index >= 15 is 0 Å². The van der Waals surface area contributed by atoms with E-state index in [-0.39, 0.29) is 19.1 Å². The summed E-state index contributed by atoms with van der Waals surface area (Å²) < 4.78 is 17.7. The molecular formula is C14H21FN2O2. The Hall–Kier alpha value is -1.62. The van der Waals surface area contributed by atoms with Crippen molar-refractivity contribution in [2.75, 3.05) is 26.7 Å². The Balaban J connectivity index is 2.56. The number of carbonyl (C=O) groups excluding carboxylic acids is 1. The summed E-state index contributed by atoms with van der Waals surface area (Å²) in [4.78, 5) is 13.6. The molecule has 0 unspecified atom stereocenters. The van der Waals surface area contributed by atoms with Gasteiger partial charge >= 0.3 is 0 Å². The average Bonchev–Trinajstić information content (AvgIpc) is 2.47. The van der Waals surface area contributed by atoms with E-state index in [0.29, 0.717) is 31.3 Å². The topological polar surface area (TPSA) is 55.6 Å². The number of ether oxygens (including phenoxy) is 1. The number of allylic oxidation sites excluding steroid dienone is 3. The molecule has 0 bridgehead atoms. The van der Waals surface area contributed by atoms with Crippen molar-refractivity contribution in [2.24, 2.45) is 5.73 Å². The van der Waals surface area contributed by atoms with Crippen molar-refractivity contribution in [3.05, 3.63) is 35.4 Å². The third-order valence-corrected chi connectivity index (χ3v) is 3.07. The molecule has 106 valence electrons. The lowest BCUT2D eigenvalue weighted by atomic mass is 10.0. The van der Waals surface area contributed by atoms with Gasteiger partial charge in [0, 0.05) is 37.7 Å². The Morgan fingerprint density at radius 1 is 1.53 bits per heavy atom. The van der Waals surface area contributed by atoms with E-state index in [0.717, 1.165) is 11.3 Å². The van der Waals surface area contributed by atoms with Crippen LogP contribution in [0.1, 0.15) is 19.8 Å². The van der Waals surface area contributed by atoms with Crippen LogP contribution in [0.3, 0.4) is 0 Å². The Bertz CT molecular complexity index is 414. The number of nitrogens with two attached hydrogens (primary N) is 1. The van der Waals surface area contributed by atoms with Crippen LogP contribution in [0.5, 0.6) is 0 Å². The summed E-state index contributed by atoms with van der Waals surface area (Å²) in [5.74, 6) is 0.799. The van der Waals surface area contributed by atoms with Crippen molar-refractivity contribution in [2.45, 2.75) is 19.8 Å². The van der Waals surface area contributed by atoms with Gasteiger partial charge in [0.1, 0.15) is 6.61 Å². The predicted molar refractivity (Wildman–Crippen MR) is 72.9 cm³/mol. The molecule has 1 aliphatic rings. The monoisotopic (exact) mass is 268 g/mol. The highest BCUT2D eigenvalue weighted by Crippen LogP contribution is 2.21. The van der Waals surface area contributed by atoms with Gasteiger partial charge in [0.25, 0.3) is 0 Å². The molecule has 0 atom stereocenters. The van der Waals surface area contributed by atoms with E-state index in [9.17, 15) is 9.18 Å². The lowest BCUT2D eigenvalue weighted by Crippen LogP contribution is -2.28. The van der Waals surface area contributed by atoms with Crippen LogP contribution in [0.2, 0.25) is 0 Å². The second-order valence-corrected chi connectivity index (χ2v) is 4.40. The third-order valence-electron chi connectivity index (χ3n) is 3.07. The van der Waals surface area contributed by atoms with Crippen molar-refractivity contribution in [1.29, 1.82) is 0 Å². The molecule has 1 amide bonds. The highest BCUT2D eigenvalue weighted by molar-refractivity contribution is 5.93. The fourth-order valence-electron chi connectivity index (χ4n) is 1.63. The first-order valence-corrected chi connectivity index (χ1v) is 6.38. The molecule has 1 aliphatic carbocycles. The van der Waals surface area contributed by atoms with Crippen LogP contribution in [0.25, 0.3) is 0 Å². The van der Waals surface area contributed by atoms with Crippen LogP contribution in [0, 0.1) is 0 Å². The van der Waals surface area contributed by atoms with E-state index < -0.39 is 0 Å². The molecule has 0 fully saturated rings. The molecule has 0 heterocycles. The average molecular weight is 268 g/mol. The number of hydrogen-bond donors (Lipinski definition) is 1. The maximum Gasteiger partial charge on any atom is 0.249 e. The molecule has 0 spiro atoms. The molecule has 1 rings (SSSR count). The van der Waals surface area contributed by atoms with Gasteiger partial charge in [-0.2, -0.15) is 0 Å². The molecular weight excluding hydrogens is 247 g/mol. The standard InChI is InChI=1S/C14H21FN2O2/c1-3-17(2)14(18)12-4-6-13(7-5-12)19-10-11(8-15)9-16/h4,6,8H,3,5,7,9-10,16H2,1-2H3/b11-8-. The van der Waals surface area contributed by atoms with Crippen molar-refractivity contribution in [1.82, 2.24) is 4.90 Å². The van der Waals surface area contributed by atoms with Gasteiger partial charge in [-0.1, -0.05) is 6.08 Å². The van der Waals surface area contributed by atoms with Gasteiger partial charge in [-0.05, 0) is 19.4 Å². The Kier molecular flexibility index (Phi) is 6.29. The fraction of sp³-hybridized carbons (Fsp3) is 0.500. The molecule has 0 aromatic rings. The molecule has 0 radical (unpaired) electrons. The molecule has 0 aliphatic heterocycles. The summed E-state index contributed by atoms with van der Waals surface area (Å²) in [6.07, 6.45) is 5.32. The van der Waals surface area contributed by atoms with Crippen LogP contribution < -0.4 is 5.73 Å². The van der Waals surface area contributed by atoms with Gasteiger partial charge < -0.3 is 15.4 Å². The zero-order valence-electron chi connectivity index (χ0n) is 11.5. The maximum atomic E-state index is 12.3. The summed E-state index contributed by atoms with van der Waals surface area (Å²) in [5, 5.41) is 0. The second-order valence-electron chi connectivity index (χ2n) is 4.40. The van der Waals surface area contributed by atoms with Crippen molar-refractivity contribution >= 4 is 5.91 Å². The summed E-state index contributed by atoms with van der Waals surface area (Å²) >= 11 is 0. The van der Waals surface area contributed by atoms with Gasteiger partial charge in [-0.25, -0.2) is 4.39 Å². The first-order chi connectivity index (χ1) is 9.12. The number of amides is 1. The third kappa shape index (κ3) is 4.52. The molecule has 5 heteroatoms. The van der Waals surface area contributed by atoms with Crippen molar-refractivity contribution in [3.8, 4) is 0 Å². The normalized spacial score (nSPS) is 15.7. The number of halogens is 1. The molecule has 19 heavy (non-hydrogen) atoms. The van der Waals surface area contributed by atoms with Gasteiger partial charge in [-0.3, -0.25) is 4.79 Å². The zero-order chi connectivity index (χ0) is 14.3. The van der Waals surface area contributed by atoms with E-state index in [1.165, 1.54) is 0 Å². The van der Waals surface area contributed by atoms with Crippen LogP contribution in [0.15, 0.2) is 35.4 Å². The number of rotatable bonds is 6. The number of likely N-dealkylation sites (N-methyl/N-ethyl adjacent to an activating group) is 1. The summed E-state index contributed by atoms with van der Waals surface area (Å²) in [6.45, 7) is 2.92. The van der Waals surface area contributed by atoms with Gasteiger partial charge in [0.15, 0.2) is 0 Å². The van der Waals surface area contributed by atoms with E-state index in [2.05, 4.69) is 0 Å². The minimum atomic E-state index is 0.0455. The molecule has 0 aromatic heterocycles. The summed E-state index contributed by atoms with van der Waals surface area (Å²) in [5.41, 5.74) is 6.53. The van der Waals surface area contributed by atoms with Crippen LogP contribution in [-0.4, -0.2) is 37.6 Å². The number of carbonyl (C=O) groups is 1. The van der Waals surface area contributed by atoms with Crippen molar-refractivity contribution in [3.63, 3.8) is 0 Å². The Morgan fingerprint density at radius 2 is 2.26 bits per heavy atom. The predicted octanol–water partition coefficient (Wildman–Crippen LogP) is 1.90. The quantitative estimate of drug-likeness (QED) is 0.800. The fourth-order valence-corrected chi connectivity index (χ4v) is 1.63. The Morgan fingerprint density at radius 3 is 2.74 bits per heavy atom. The van der Waals surface area contributed by atoms with Gasteiger partial charge in [-0.15, -0.1) is 0 Å². The number of hydrogen-bond acceptors (Lipinski definition) is 3. The maximum absolute atomic E-state index is 12.3. The molecule has 2 N–H and O–H groups in total. The SMILES string of the molecule is CCN(C)C(=O)C1=CC=C(OC/C(=C\F)CN)CC1. The first kappa shape index (κ1) is 15.4. The zero-order valence-corrected chi connectivity index (χ0v) is 11.5. The molecule has 0 saturated carbocycles. The first-order valence-electron chi connectivity index (χ1n) is 6.38. The summed E-state index contributed by atoms with van der Waals surface area (Å²) in [6, 6.07) is 0.